The number of likely N-dealkylation sites (N-methyl/N-ethyl adjacent to an activating group) is 1. The average molecular weight is 655 g/mol. The molecule has 3 aromatic carbocycles. The summed E-state index contributed by atoms with van der Waals surface area (Å²) in [5.74, 6) is -0.130. The summed E-state index contributed by atoms with van der Waals surface area (Å²) in [6, 6.07) is 18.5. The third-order valence-corrected chi connectivity index (χ3v) is 9.03. The smallest absolute Gasteiger partial charge is 0.336 e. The Morgan fingerprint density at radius 1 is 0.848 bits per heavy atom. The number of hydrogen-bond acceptors (Lipinski definition) is 5. The van der Waals surface area contributed by atoms with Crippen LogP contribution in [0.5, 0.6) is 0 Å². The topological polar surface area (TPSA) is 58.4 Å². The van der Waals surface area contributed by atoms with Gasteiger partial charge in [0, 0.05) is 36.6 Å². The van der Waals surface area contributed by atoms with Gasteiger partial charge in [0.2, 0.25) is 5.91 Å². The fourth-order valence-electron chi connectivity index (χ4n) is 4.91. The highest BCUT2D eigenvalue weighted by molar-refractivity contribution is 7.98. The molecule has 11 heteroatoms. The molecule has 0 aliphatic rings. The Morgan fingerprint density at radius 3 is 1.98 bits per heavy atom. The Morgan fingerprint density at radius 2 is 1.41 bits per heavy atom. The van der Waals surface area contributed by atoms with Gasteiger partial charge in [0.1, 0.15) is 12.4 Å². The van der Waals surface area contributed by atoms with E-state index in [1.807, 2.05) is 24.3 Å². The molecule has 0 radical (unpaired) electrons. The first-order chi connectivity index (χ1) is 21.9. The number of aromatic nitrogens is 2. The number of benzene rings is 3. The Bertz CT molecular complexity index is 1670. The molecule has 0 bridgehead atoms. The number of thioether (sulfide) groups is 1. The van der Waals surface area contributed by atoms with Crippen molar-refractivity contribution in [1.29, 1.82) is 0 Å². The van der Waals surface area contributed by atoms with Crippen LogP contribution in [0.1, 0.15) is 41.8 Å². The molecule has 46 heavy (non-hydrogen) atoms. The lowest BCUT2D eigenvalue weighted by molar-refractivity contribution is -0.137. The van der Waals surface area contributed by atoms with E-state index in [2.05, 4.69) is 23.7 Å². The molecule has 4 aromatic rings. The van der Waals surface area contributed by atoms with Crippen LogP contribution in [0.2, 0.25) is 0 Å². The van der Waals surface area contributed by atoms with E-state index >= 15 is 0 Å². The SMILES string of the molecule is CCN(CC)CCN(Cc1ccc(-c2ccc(C(F)(F)F)cc2)cc1)C(=O)Cn1c(SCc2ccc(F)cc2)nc(C)c(C)c1=O. The van der Waals surface area contributed by atoms with E-state index in [1.54, 1.807) is 30.9 Å². The van der Waals surface area contributed by atoms with E-state index in [0.29, 0.717) is 47.4 Å². The standard InChI is InChI=1S/C35H38F4N4O2S/c1-5-41(6-2)19-20-42(21-26-7-11-28(12-8-26)29-13-15-30(16-14-29)35(37,38)39)32(44)22-43-33(45)24(3)25(4)40-34(43)46-23-27-9-17-31(36)18-10-27/h7-18H,5-6,19-23H2,1-4H3. The minimum absolute atomic E-state index is 0.194. The summed E-state index contributed by atoms with van der Waals surface area (Å²) in [7, 11) is 0. The summed E-state index contributed by atoms with van der Waals surface area (Å²) < 4.78 is 53.8. The second-order valence-corrected chi connectivity index (χ2v) is 12.0. The van der Waals surface area contributed by atoms with E-state index < -0.39 is 11.7 Å². The number of nitrogens with zero attached hydrogens (tertiary/aromatic N) is 4. The van der Waals surface area contributed by atoms with Crippen molar-refractivity contribution in [2.45, 2.75) is 57.9 Å². The lowest BCUT2D eigenvalue weighted by Gasteiger charge is -2.27. The lowest BCUT2D eigenvalue weighted by atomic mass is 10.0. The van der Waals surface area contributed by atoms with Gasteiger partial charge in [-0.3, -0.25) is 14.2 Å². The molecule has 0 atom stereocenters. The van der Waals surface area contributed by atoms with Crippen molar-refractivity contribution in [1.82, 2.24) is 19.4 Å². The first-order valence-corrected chi connectivity index (χ1v) is 16.1. The molecule has 0 spiro atoms. The van der Waals surface area contributed by atoms with Gasteiger partial charge in [0.25, 0.3) is 5.56 Å². The van der Waals surface area contributed by atoms with Crippen LogP contribution in [0.25, 0.3) is 11.1 Å². The fraction of sp³-hybridized carbons (Fsp3) is 0.343. The van der Waals surface area contributed by atoms with E-state index in [0.717, 1.165) is 41.9 Å². The Labute approximate surface area is 271 Å². The van der Waals surface area contributed by atoms with E-state index in [1.165, 1.54) is 40.6 Å². The molecule has 4 rings (SSSR count). The number of rotatable bonds is 13. The van der Waals surface area contributed by atoms with Crippen molar-refractivity contribution in [3.05, 3.63) is 117 Å². The first-order valence-electron chi connectivity index (χ1n) is 15.1. The van der Waals surface area contributed by atoms with Crippen LogP contribution in [0.3, 0.4) is 0 Å². The number of amides is 1. The van der Waals surface area contributed by atoms with E-state index in [-0.39, 0.29) is 23.8 Å². The van der Waals surface area contributed by atoms with Crippen molar-refractivity contribution in [2.75, 3.05) is 26.2 Å². The van der Waals surface area contributed by atoms with Crippen molar-refractivity contribution in [2.24, 2.45) is 0 Å². The molecule has 0 unspecified atom stereocenters. The summed E-state index contributed by atoms with van der Waals surface area (Å²) >= 11 is 1.32. The van der Waals surface area contributed by atoms with Crippen LogP contribution < -0.4 is 5.56 Å². The van der Waals surface area contributed by atoms with E-state index in [9.17, 15) is 27.2 Å². The number of carbonyl (C=O) groups is 1. The summed E-state index contributed by atoms with van der Waals surface area (Å²) in [5.41, 5.74) is 3.18. The summed E-state index contributed by atoms with van der Waals surface area (Å²) in [6.07, 6.45) is -4.40. The highest BCUT2D eigenvalue weighted by atomic mass is 32.2. The Balaban J connectivity index is 1.56. The maximum Gasteiger partial charge on any atom is 0.416 e. The Hall–Kier alpha value is -3.96. The number of aryl methyl sites for hydroxylation is 1. The van der Waals surface area contributed by atoms with E-state index in [4.69, 9.17) is 0 Å². The van der Waals surface area contributed by atoms with Crippen LogP contribution in [-0.2, 0) is 29.8 Å². The zero-order chi connectivity index (χ0) is 33.4. The Kier molecular flexibility index (Phi) is 11.8. The van der Waals surface area contributed by atoms with Gasteiger partial charge in [0.15, 0.2) is 5.16 Å². The predicted octanol–water partition coefficient (Wildman–Crippen LogP) is 7.35. The van der Waals surface area contributed by atoms with Gasteiger partial charge in [-0.25, -0.2) is 9.37 Å². The second-order valence-electron chi connectivity index (χ2n) is 11.0. The highest BCUT2D eigenvalue weighted by Gasteiger charge is 2.30. The number of hydrogen-bond donors (Lipinski definition) is 0. The van der Waals surface area contributed by atoms with Gasteiger partial charge in [-0.15, -0.1) is 0 Å². The van der Waals surface area contributed by atoms with Gasteiger partial charge in [-0.2, -0.15) is 13.2 Å². The molecule has 0 fully saturated rings. The number of alkyl halides is 3. The molecule has 1 amide bonds. The molecule has 0 N–H and O–H groups in total. The zero-order valence-electron chi connectivity index (χ0n) is 26.4. The van der Waals surface area contributed by atoms with Gasteiger partial charge in [-0.05, 0) is 73.5 Å². The minimum Gasteiger partial charge on any atom is -0.336 e. The van der Waals surface area contributed by atoms with Gasteiger partial charge in [0.05, 0.1) is 5.56 Å². The number of halogens is 4. The van der Waals surface area contributed by atoms with Gasteiger partial charge < -0.3 is 9.80 Å². The monoisotopic (exact) mass is 654 g/mol. The molecule has 244 valence electrons. The molecular formula is C35H38F4N4O2S. The van der Waals surface area contributed by atoms with Gasteiger partial charge in [-0.1, -0.05) is 74.1 Å². The minimum atomic E-state index is -4.40. The van der Waals surface area contributed by atoms with Crippen molar-refractivity contribution in [3.63, 3.8) is 0 Å². The highest BCUT2D eigenvalue weighted by Crippen LogP contribution is 2.31. The van der Waals surface area contributed by atoms with Crippen LogP contribution in [0.15, 0.2) is 82.7 Å². The second kappa shape index (κ2) is 15.6. The van der Waals surface area contributed by atoms with Crippen LogP contribution in [0.4, 0.5) is 17.6 Å². The number of carbonyl (C=O) groups excluding carboxylic acids is 1. The van der Waals surface area contributed by atoms with Crippen molar-refractivity contribution in [3.8, 4) is 11.1 Å². The molecule has 0 saturated heterocycles. The zero-order valence-corrected chi connectivity index (χ0v) is 27.2. The van der Waals surface area contributed by atoms with Crippen LogP contribution >= 0.6 is 11.8 Å². The fourth-order valence-corrected chi connectivity index (χ4v) is 5.91. The molecule has 0 saturated carbocycles. The predicted molar refractivity (Wildman–Crippen MR) is 174 cm³/mol. The van der Waals surface area contributed by atoms with Gasteiger partial charge >= 0.3 is 6.18 Å². The molecule has 6 nitrogen and oxygen atoms in total. The normalized spacial score (nSPS) is 11.7. The van der Waals surface area contributed by atoms with Crippen molar-refractivity contribution >= 4 is 17.7 Å². The third-order valence-electron chi connectivity index (χ3n) is 7.98. The summed E-state index contributed by atoms with van der Waals surface area (Å²) in [6.45, 7) is 10.4. The molecule has 1 aromatic heterocycles. The summed E-state index contributed by atoms with van der Waals surface area (Å²) in [4.78, 5) is 35.9. The maximum absolute atomic E-state index is 13.9. The first kappa shape index (κ1) is 34.9. The summed E-state index contributed by atoms with van der Waals surface area (Å²) in [5, 5.41) is 0.412. The lowest BCUT2D eigenvalue weighted by Crippen LogP contribution is -2.41. The average Bonchev–Trinajstić information content (AvgIpc) is 3.04. The van der Waals surface area contributed by atoms with Crippen molar-refractivity contribution < 1.29 is 22.4 Å². The molecular weight excluding hydrogens is 616 g/mol. The quantitative estimate of drug-likeness (QED) is 0.0858. The van der Waals surface area contributed by atoms with Crippen LogP contribution in [0, 0.1) is 19.7 Å². The molecule has 0 aliphatic heterocycles. The third kappa shape index (κ3) is 9.07. The van der Waals surface area contributed by atoms with Crippen LogP contribution in [-0.4, -0.2) is 51.4 Å². The largest absolute Gasteiger partial charge is 0.416 e. The maximum atomic E-state index is 13.9. The molecule has 1 heterocycles. The molecule has 0 aliphatic carbocycles.